The van der Waals surface area contributed by atoms with Gasteiger partial charge in [-0.25, -0.2) is 9.78 Å². The lowest BCUT2D eigenvalue weighted by atomic mass is 9.65. The fourth-order valence-corrected chi connectivity index (χ4v) is 5.97. The molecule has 5 rings (SSSR count). The van der Waals surface area contributed by atoms with Crippen molar-refractivity contribution in [2.45, 2.75) is 58.4 Å². The third-order valence-corrected chi connectivity index (χ3v) is 8.73. The van der Waals surface area contributed by atoms with Crippen LogP contribution < -0.4 is 10.6 Å². The molecule has 1 spiro atoms. The molecule has 1 aliphatic heterocycles. The molecule has 184 valence electrons. The molecule has 1 saturated carbocycles. The second-order valence-corrected chi connectivity index (χ2v) is 11.2. The van der Waals surface area contributed by atoms with E-state index in [0.29, 0.717) is 24.4 Å². The number of rotatable bonds is 6. The van der Waals surface area contributed by atoms with Crippen molar-refractivity contribution in [2.75, 3.05) is 11.9 Å². The third-order valence-electron chi connectivity index (χ3n) is 7.96. The van der Waals surface area contributed by atoms with Gasteiger partial charge in [0.25, 0.3) is 5.91 Å². The summed E-state index contributed by atoms with van der Waals surface area (Å²) >= 11 is 1.57. The fraction of sp³-hybridized carbons (Fsp3) is 0.462. The van der Waals surface area contributed by atoms with E-state index in [-0.39, 0.29) is 17.9 Å². The molecule has 1 aliphatic carbocycles. The number of imide groups is 1. The first kappa shape index (κ1) is 23.5. The average Bonchev–Trinajstić information content (AvgIpc) is 3.50. The number of amides is 4. The van der Waals surface area contributed by atoms with Gasteiger partial charge in [-0.2, -0.15) is 0 Å². The molecule has 9 heteroatoms. The van der Waals surface area contributed by atoms with Crippen LogP contribution in [0.1, 0.15) is 52.9 Å². The smallest absolute Gasteiger partial charge is 0.325 e. The van der Waals surface area contributed by atoms with E-state index in [2.05, 4.69) is 36.4 Å². The lowest BCUT2D eigenvalue weighted by Crippen LogP contribution is -2.51. The molecule has 4 amide bonds. The summed E-state index contributed by atoms with van der Waals surface area (Å²) in [6.07, 6.45) is 8.04. The van der Waals surface area contributed by atoms with Gasteiger partial charge in [-0.15, -0.1) is 11.3 Å². The highest BCUT2D eigenvalue weighted by Crippen LogP contribution is 2.45. The maximum absolute atomic E-state index is 13.2. The minimum absolute atomic E-state index is 0.218. The van der Waals surface area contributed by atoms with Gasteiger partial charge in [0.2, 0.25) is 5.91 Å². The number of thiazole rings is 1. The Morgan fingerprint density at radius 2 is 1.94 bits per heavy atom. The van der Waals surface area contributed by atoms with Crippen LogP contribution in [0.3, 0.4) is 0 Å². The van der Waals surface area contributed by atoms with E-state index in [1.165, 1.54) is 0 Å². The Kier molecular flexibility index (Phi) is 5.91. The Bertz CT molecular complexity index is 1240. The first-order valence-corrected chi connectivity index (χ1v) is 13.1. The number of urea groups is 1. The van der Waals surface area contributed by atoms with Crippen LogP contribution in [0.25, 0.3) is 16.2 Å². The summed E-state index contributed by atoms with van der Waals surface area (Å²) in [7, 11) is 0. The maximum Gasteiger partial charge on any atom is 0.325 e. The molecule has 2 fully saturated rings. The van der Waals surface area contributed by atoms with Crippen molar-refractivity contribution in [2.24, 2.45) is 11.3 Å². The number of hydrogen-bond acceptors (Lipinski definition) is 5. The van der Waals surface area contributed by atoms with Crippen molar-refractivity contribution in [1.82, 2.24) is 19.6 Å². The van der Waals surface area contributed by atoms with Crippen molar-refractivity contribution in [3.05, 3.63) is 42.0 Å². The zero-order valence-corrected chi connectivity index (χ0v) is 21.2. The van der Waals surface area contributed by atoms with E-state index in [9.17, 15) is 14.4 Å². The number of nitrogens with zero attached hydrogens (tertiary/aromatic N) is 3. The Labute approximate surface area is 208 Å². The van der Waals surface area contributed by atoms with Crippen LogP contribution in [0.4, 0.5) is 10.5 Å². The molecule has 2 N–H and O–H groups in total. The number of fused-ring (bicyclic) bond motifs is 1. The summed E-state index contributed by atoms with van der Waals surface area (Å²) in [5.74, 6) is -0.149. The van der Waals surface area contributed by atoms with Gasteiger partial charge < -0.3 is 10.6 Å². The zero-order valence-electron chi connectivity index (χ0n) is 20.3. The fourth-order valence-electron chi connectivity index (χ4n) is 5.27. The molecule has 35 heavy (non-hydrogen) atoms. The first-order valence-electron chi connectivity index (χ1n) is 12.2. The zero-order chi connectivity index (χ0) is 24.8. The largest absolute Gasteiger partial charge is 0.325 e. The molecule has 3 heterocycles. The van der Waals surface area contributed by atoms with Crippen molar-refractivity contribution >= 4 is 39.8 Å². The summed E-state index contributed by atoms with van der Waals surface area (Å²) in [5, 5.41) is 7.69. The quantitative estimate of drug-likeness (QED) is 0.477. The molecule has 3 aromatic rings. The number of carbonyl (C=O) groups is 3. The minimum Gasteiger partial charge on any atom is -0.325 e. The van der Waals surface area contributed by atoms with Gasteiger partial charge in [-0.1, -0.05) is 39.3 Å². The molecular formula is C26H31N5O3S. The van der Waals surface area contributed by atoms with Crippen LogP contribution in [0.2, 0.25) is 0 Å². The summed E-state index contributed by atoms with van der Waals surface area (Å²) in [6.45, 7) is 6.44. The number of anilines is 1. The first-order chi connectivity index (χ1) is 16.7. The summed E-state index contributed by atoms with van der Waals surface area (Å²) in [6, 6.07) is 6.89. The predicted molar refractivity (Wildman–Crippen MR) is 136 cm³/mol. The Morgan fingerprint density at radius 1 is 1.23 bits per heavy atom. The molecule has 0 atom stereocenters. The van der Waals surface area contributed by atoms with E-state index >= 15 is 0 Å². The molecule has 0 unspecified atom stereocenters. The summed E-state index contributed by atoms with van der Waals surface area (Å²) in [5.41, 5.74) is 1.76. The van der Waals surface area contributed by atoms with Crippen LogP contribution in [0.5, 0.6) is 0 Å². The van der Waals surface area contributed by atoms with Gasteiger partial charge in [-0.05, 0) is 49.1 Å². The highest BCUT2D eigenvalue weighted by atomic mass is 32.1. The van der Waals surface area contributed by atoms with Crippen LogP contribution >= 0.6 is 11.3 Å². The van der Waals surface area contributed by atoms with E-state index in [1.807, 2.05) is 34.3 Å². The lowest BCUT2D eigenvalue weighted by molar-refractivity contribution is -0.135. The molecule has 1 aromatic carbocycles. The molecule has 0 bridgehead atoms. The number of hydrogen-bond donors (Lipinski definition) is 2. The Hall–Kier alpha value is -3.20. The molecule has 0 radical (unpaired) electrons. The third kappa shape index (κ3) is 4.33. The molecule has 8 nitrogen and oxygen atoms in total. The van der Waals surface area contributed by atoms with E-state index in [4.69, 9.17) is 0 Å². The average molecular weight is 494 g/mol. The number of carbonyl (C=O) groups excluding carboxylic acids is 3. The van der Waals surface area contributed by atoms with Crippen molar-refractivity contribution in [3.63, 3.8) is 0 Å². The van der Waals surface area contributed by atoms with Gasteiger partial charge in [0.05, 0.1) is 5.69 Å². The van der Waals surface area contributed by atoms with Gasteiger partial charge in [0, 0.05) is 29.0 Å². The molecular weight excluding hydrogens is 462 g/mol. The van der Waals surface area contributed by atoms with Crippen molar-refractivity contribution in [3.8, 4) is 11.3 Å². The highest BCUT2D eigenvalue weighted by molar-refractivity contribution is 7.15. The van der Waals surface area contributed by atoms with Gasteiger partial charge in [0.15, 0.2) is 4.96 Å². The lowest BCUT2D eigenvalue weighted by Gasteiger charge is -2.42. The standard InChI is InChI=1S/C26H31N5O3S/c1-4-25(2,3)18-9-11-26(12-10-18)22(33)31(23(34)29-26)16-21(32)27-19-7-5-17(6-8-19)20-15-30-13-14-35-24(30)28-20/h5-8,13-15,18H,4,9-12,16H2,1-3H3,(H,27,32)(H,29,34). The SMILES string of the molecule is CCC(C)(C)C1CCC2(CC1)NC(=O)N(CC(=O)Nc1ccc(-c3cn4ccsc4n3)cc1)C2=O. The predicted octanol–water partition coefficient (Wildman–Crippen LogP) is 4.92. The Morgan fingerprint density at radius 3 is 2.60 bits per heavy atom. The summed E-state index contributed by atoms with van der Waals surface area (Å²) in [4.78, 5) is 45.1. The monoisotopic (exact) mass is 493 g/mol. The van der Waals surface area contributed by atoms with Gasteiger partial charge in [-0.3, -0.25) is 18.9 Å². The second kappa shape index (κ2) is 8.78. The van der Waals surface area contributed by atoms with E-state index in [1.54, 1.807) is 23.5 Å². The van der Waals surface area contributed by atoms with Gasteiger partial charge in [0.1, 0.15) is 12.1 Å². The number of aromatic nitrogens is 2. The maximum atomic E-state index is 13.2. The van der Waals surface area contributed by atoms with Crippen LogP contribution in [-0.2, 0) is 9.59 Å². The number of nitrogens with one attached hydrogen (secondary N) is 2. The van der Waals surface area contributed by atoms with Crippen LogP contribution in [0, 0.1) is 11.3 Å². The second-order valence-electron chi connectivity index (χ2n) is 10.4. The number of imidazole rings is 1. The number of benzene rings is 1. The molecule has 2 aliphatic rings. The minimum atomic E-state index is -0.863. The van der Waals surface area contributed by atoms with Crippen molar-refractivity contribution in [1.29, 1.82) is 0 Å². The highest BCUT2D eigenvalue weighted by Gasteiger charge is 2.53. The van der Waals surface area contributed by atoms with E-state index in [0.717, 1.165) is 40.4 Å². The van der Waals surface area contributed by atoms with Gasteiger partial charge >= 0.3 is 6.03 Å². The molecule has 1 saturated heterocycles. The van der Waals surface area contributed by atoms with Crippen molar-refractivity contribution < 1.29 is 14.4 Å². The van der Waals surface area contributed by atoms with Crippen LogP contribution in [-0.4, -0.2) is 44.2 Å². The molecule has 2 aromatic heterocycles. The summed E-state index contributed by atoms with van der Waals surface area (Å²) < 4.78 is 1.97. The van der Waals surface area contributed by atoms with E-state index < -0.39 is 17.5 Å². The normalized spacial score (nSPS) is 22.7. The van der Waals surface area contributed by atoms with Crippen LogP contribution in [0.15, 0.2) is 42.0 Å². The topological polar surface area (TPSA) is 95.8 Å². The Balaban J connectivity index is 1.19.